The number of likely N-dealkylation sites (N-methyl/N-ethyl adjacent to an activating group) is 1. The van der Waals surface area contributed by atoms with Crippen molar-refractivity contribution in [3.63, 3.8) is 0 Å². The topological polar surface area (TPSA) is 29.3 Å². The van der Waals surface area contributed by atoms with Gasteiger partial charge in [0.1, 0.15) is 6.26 Å². The molecule has 0 fully saturated rings. The molecule has 0 saturated carbocycles. The molecule has 0 radical (unpaired) electrons. The number of aromatic nitrogens is 1. The minimum atomic E-state index is 0.682. The van der Waals surface area contributed by atoms with E-state index in [1.807, 2.05) is 37.3 Å². The highest BCUT2D eigenvalue weighted by Crippen LogP contribution is 2.18. The summed E-state index contributed by atoms with van der Waals surface area (Å²) in [6.07, 6.45) is 1.74. The van der Waals surface area contributed by atoms with Gasteiger partial charge in [-0.25, -0.2) is 4.98 Å². The van der Waals surface area contributed by atoms with Gasteiger partial charge in [0.25, 0.3) is 0 Å². The van der Waals surface area contributed by atoms with Crippen molar-refractivity contribution in [2.45, 2.75) is 20.4 Å². The highest BCUT2D eigenvalue weighted by atomic mass is 16.3. The van der Waals surface area contributed by atoms with E-state index in [4.69, 9.17) is 4.42 Å². The molecule has 19 heavy (non-hydrogen) atoms. The monoisotopic (exact) mass is 256 g/mol. The van der Waals surface area contributed by atoms with Crippen molar-refractivity contribution in [2.75, 3.05) is 13.1 Å². The second-order valence-corrected chi connectivity index (χ2v) is 4.77. The van der Waals surface area contributed by atoms with Crippen molar-refractivity contribution in [1.82, 2.24) is 9.88 Å². The third-order valence-electron chi connectivity index (χ3n) is 2.90. The van der Waals surface area contributed by atoms with Gasteiger partial charge in [0, 0.05) is 18.7 Å². The van der Waals surface area contributed by atoms with Gasteiger partial charge in [-0.15, -0.1) is 0 Å². The maximum absolute atomic E-state index is 5.54. The van der Waals surface area contributed by atoms with Crippen LogP contribution in [0.5, 0.6) is 0 Å². The highest BCUT2D eigenvalue weighted by molar-refractivity contribution is 5.52. The zero-order chi connectivity index (χ0) is 13.7. The average Bonchev–Trinajstić information content (AvgIpc) is 2.87. The van der Waals surface area contributed by atoms with E-state index < -0.39 is 0 Å². The van der Waals surface area contributed by atoms with E-state index in [9.17, 15) is 0 Å². The van der Waals surface area contributed by atoms with Crippen LogP contribution in [0.2, 0.25) is 0 Å². The van der Waals surface area contributed by atoms with Gasteiger partial charge in [-0.2, -0.15) is 0 Å². The average molecular weight is 256 g/mol. The van der Waals surface area contributed by atoms with Gasteiger partial charge in [-0.05, 0) is 25.6 Å². The highest BCUT2D eigenvalue weighted by Gasteiger charge is 2.09. The Kier molecular flexibility index (Phi) is 4.53. The molecule has 0 atom stereocenters. The standard InChI is InChI=1S/C16H20N2O/c1-4-18(10-13(2)3)11-15-12-19-16(17-15)14-8-6-5-7-9-14/h5-9,12H,2,4,10-11H2,1,3H3. The van der Waals surface area contributed by atoms with Crippen LogP contribution in [0.25, 0.3) is 11.5 Å². The largest absolute Gasteiger partial charge is 0.444 e. The van der Waals surface area contributed by atoms with Crippen molar-refractivity contribution in [3.8, 4) is 11.5 Å². The van der Waals surface area contributed by atoms with Crippen molar-refractivity contribution in [1.29, 1.82) is 0 Å². The van der Waals surface area contributed by atoms with Crippen LogP contribution in [0.1, 0.15) is 19.5 Å². The van der Waals surface area contributed by atoms with Gasteiger partial charge in [0.05, 0.1) is 5.69 Å². The Bertz CT molecular complexity index is 531. The first-order chi connectivity index (χ1) is 9.19. The molecular weight excluding hydrogens is 236 g/mol. The van der Waals surface area contributed by atoms with Crippen LogP contribution in [0.4, 0.5) is 0 Å². The fourth-order valence-corrected chi connectivity index (χ4v) is 1.98. The quantitative estimate of drug-likeness (QED) is 0.737. The van der Waals surface area contributed by atoms with Crippen molar-refractivity contribution in [3.05, 3.63) is 54.4 Å². The molecule has 0 saturated heterocycles. The zero-order valence-corrected chi connectivity index (χ0v) is 11.6. The van der Waals surface area contributed by atoms with E-state index >= 15 is 0 Å². The van der Waals surface area contributed by atoms with Gasteiger partial charge < -0.3 is 4.42 Å². The van der Waals surface area contributed by atoms with E-state index in [1.54, 1.807) is 6.26 Å². The Morgan fingerprint density at radius 1 is 1.32 bits per heavy atom. The molecule has 1 heterocycles. The van der Waals surface area contributed by atoms with Crippen LogP contribution in [0, 0.1) is 0 Å². The lowest BCUT2D eigenvalue weighted by molar-refractivity contribution is 0.300. The Hall–Kier alpha value is -1.87. The molecule has 2 aromatic rings. The van der Waals surface area contributed by atoms with Gasteiger partial charge in [-0.1, -0.05) is 37.3 Å². The molecule has 0 aliphatic carbocycles. The first kappa shape index (κ1) is 13.6. The van der Waals surface area contributed by atoms with Crippen molar-refractivity contribution in [2.24, 2.45) is 0 Å². The molecule has 100 valence electrons. The van der Waals surface area contributed by atoms with Gasteiger partial charge >= 0.3 is 0 Å². The van der Waals surface area contributed by atoms with E-state index in [0.29, 0.717) is 5.89 Å². The predicted octanol–water partition coefficient (Wildman–Crippen LogP) is 3.74. The van der Waals surface area contributed by atoms with E-state index in [1.165, 1.54) is 0 Å². The molecule has 3 nitrogen and oxygen atoms in total. The number of hydrogen-bond acceptors (Lipinski definition) is 3. The Morgan fingerprint density at radius 2 is 2.05 bits per heavy atom. The normalized spacial score (nSPS) is 10.9. The molecule has 0 spiro atoms. The lowest BCUT2D eigenvalue weighted by Crippen LogP contribution is -2.24. The maximum atomic E-state index is 5.54. The number of rotatable bonds is 6. The number of hydrogen-bond donors (Lipinski definition) is 0. The Labute approximate surface area is 114 Å². The van der Waals surface area contributed by atoms with Gasteiger partial charge in [0.15, 0.2) is 0 Å². The van der Waals surface area contributed by atoms with Crippen LogP contribution in [-0.2, 0) is 6.54 Å². The second kappa shape index (κ2) is 6.34. The molecule has 0 bridgehead atoms. The summed E-state index contributed by atoms with van der Waals surface area (Å²) < 4.78 is 5.54. The third kappa shape index (κ3) is 3.80. The molecule has 0 amide bonds. The minimum absolute atomic E-state index is 0.682. The van der Waals surface area contributed by atoms with Crippen molar-refractivity contribution >= 4 is 0 Å². The van der Waals surface area contributed by atoms with E-state index in [0.717, 1.165) is 36.5 Å². The van der Waals surface area contributed by atoms with Crippen molar-refractivity contribution < 1.29 is 4.42 Å². The smallest absolute Gasteiger partial charge is 0.226 e. The molecule has 1 aromatic heterocycles. The molecule has 3 heteroatoms. The SMILES string of the molecule is C=C(C)CN(CC)Cc1coc(-c2ccccc2)n1. The lowest BCUT2D eigenvalue weighted by Gasteiger charge is -2.18. The Morgan fingerprint density at radius 3 is 2.68 bits per heavy atom. The van der Waals surface area contributed by atoms with Crippen LogP contribution in [0.15, 0.2) is 53.2 Å². The first-order valence-electron chi connectivity index (χ1n) is 6.55. The zero-order valence-electron chi connectivity index (χ0n) is 11.6. The molecule has 0 N–H and O–H groups in total. The second-order valence-electron chi connectivity index (χ2n) is 4.77. The molecular formula is C16H20N2O. The lowest BCUT2D eigenvalue weighted by atomic mass is 10.2. The van der Waals surface area contributed by atoms with E-state index in [-0.39, 0.29) is 0 Å². The third-order valence-corrected chi connectivity index (χ3v) is 2.90. The van der Waals surface area contributed by atoms with Gasteiger partial charge in [-0.3, -0.25) is 4.90 Å². The van der Waals surface area contributed by atoms with Crippen LogP contribution >= 0.6 is 0 Å². The fraction of sp³-hybridized carbons (Fsp3) is 0.312. The molecule has 0 aliphatic heterocycles. The predicted molar refractivity (Wildman–Crippen MR) is 77.7 cm³/mol. The summed E-state index contributed by atoms with van der Waals surface area (Å²) in [5.74, 6) is 0.682. The number of oxazole rings is 1. The molecule has 1 aromatic carbocycles. The van der Waals surface area contributed by atoms with Crippen LogP contribution in [-0.4, -0.2) is 23.0 Å². The summed E-state index contributed by atoms with van der Waals surface area (Å²) in [7, 11) is 0. The summed E-state index contributed by atoms with van der Waals surface area (Å²) >= 11 is 0. The summed E-state index contributed by atoms with van der Waals surface area (Å²) in [5.41, 5.74) is 3.13. The van der Waals surface area contributed by atoms with Crippen LogP contribution < -0.4 is 0 Å². The number of nitrogens with zero attached hydrogens (tertiary/aromatic N) is 2. The minimum Gasteiger partial charge on any atom is -0.444 e. The van der Waals surface area contributed by atoms with E-state index in [2.05, 4.69) is 23.4 Å². The molecule has 0 aliphatic rings. The molecule has 2 rings (SSSR count). The Balaban J connectivity index is 2.07. The first-order valence-corrected chi connectivity index (χ1v) is 6.55. The summed E-state index contributed by atoms with van der Waals surface area (Å²) in [6, 6.07) is 9.96. The number of benzene rings is 1. The fourth-order valence-electron chi connectivity index (χ4n) is 1.98. The summed E-state index contributed by atoms with van der Waals surface area (Å²) in [4.78, 5) is 6.82. The summed E-state index contributed by atoms with van der Waals surface area (Å²) in [6.45, 7) is 10.8. The maximum Gasteiger partial charge on any atom is 0.226 e. The van der Waals surface area contributed by atoms with Crippen LogP contribution in [0.3, 0.4) is 0 Å². The summed E-state index contributed by atoms with van der Waals surface area (Å²) in [5, 5.41) is 0. The molecule has 0 unspecified atom stereocenters. The van der Waals surface area contributed by atoms with Gasteiger partial charge in [0.2, 0.25) is 5.89 Å².